The summed E-state index contributed by atoms with van der Waals surface area (Å²) >= 11 is 0. The highest BCUT2D eigenvalue weighted by Crippen LogP contribution is 2.29. The third kappa shape index (κ3) is 4.46. The minimum Gasteiger partial charge on any atom is -0.352 e. The van der Waals surface area contributed by atoms with E-state index in [4.69, 9.17) is 0 Å². The Kier molecular flexibility index (Phi) is 5.61. The number of hydrogen-bond donors (Lipinski definition) is 3. The fraction of sp³-hybridized carbons (Fsp3) is 0.278. The first kappa shape index (κ1) is 19.8. The number of nitrogens with one attached hydrogen (secondary N) is 3. The Labute approximate surface area is 158 Å². The number of carbonyl (C=O) groups excluding carboxylic acids is 1. The molecule has 0 aromatic heterocycles. The highest BCUT2D eigenvalue weighted by molar-refractivity contribution is 5.80. The summed E-state index contributed by atoms with van der Waals surface area (Å²) in [5.41, 5.74) is 6.33. The molecule has 0 bridgehead atoms. The number of amides is 1. The summed E-state index contributed by atoms with van der Waals surface area (Å²) in [7, 11) is 0. The first-order valence-corrected chi connectivity index (χ1v) is 8.42. The molecule has 0 spiro atoms. The zero-order valence-electron chi connectivity index (χ0n) is 14.5. The Morgan fingerprint density at radius 2 is 1.79 bits per heavy atom. The van der Waals surface area contributed by atoms with Crippen molar-refractivity contribution in [2.75, 3.05) is 6.54 Å². The third-order valence-corrected chi connectivity index (χ3v) is 4.53. The van der Waals surface area contributed by atoms with Gasteiger partial charge < -0.3 is 5.32 Å². The number of carbonyl (C=O) groups is 1. The van der Waals surface area contributed by atoms with E-state index in [1.807, 2.05) is 0 Å². The lowest BCUT2D eigenvalue weighted by molar-refractivity contribution is -0.384. The first-order valence-electron chi connectivity index (χ1n) is 8.42. The van der Waals surface area contributed by atoms with Crippen LogP contribution >= 0.6 is 0 Å². The maximum Gasteiger partial charge on any atom is 0.416 e. The van der Waals surface area contributed by atoms with Gasteiger partial charge in [-0.25, -0.2) is 5.43 Å². The lowest BCUT2D eigenvalue weighted by atomic mass is 9.94. The van der Waals surface area contributed by atoms with E-state index in [0.29, 0.717) is 17.7 Å². The van der Waals surface area contributed by atoms with Gasteiger partial charge >= 0.3 is 6.18 Å². The van der Waals surface area contributed by atoms with E-state index in [2.05, 4.69) is 16.2 Å². The molecular weight excluding hydrogens is 377 g/mol. The molecule has 0 radical (unpaired) electrons. The van der Waals surface area contributed by atoms with Gasteiger partial charge in [0.1, 0.15) is 0 Å². The van der Waals surface area contributed by atoms with Gasteiger partial charge in [0.05, 0.1) is 22.4 Å². The number of nitro groups is 1. The minimum atomic E-state index is -4.40. The summed E-state index contributed by atoms with van der Waals surface area (Å²) in [6.07, 6.45) is -4.40. The molecule has 148 valence electrons. The van der Waals surface area contributed by atoms with Crippen molar-refractivity contribution in [3.05, 3.63) is 75.3 Å². The van der Waals surface area contributed by atoms with E-state index < -0.39 is 22.6 Å². The number of hydrazine groups is 1. The van der Waals surface area contributed by atoms with Crippen LogP contribution < -0.4 is 16.2 Å². The first-order chi connectivity index (χ1) is 13.3. The maximum absolute atomic E-state index is 12.6. The van der Waals surface area contributed by atoms with Gasteiger partial charge in [0.15, 0.2) is 0 Å². The monoisotopic (exact) mass is 394 g/mol. The predicted octanol–water partition coefficient (Wildman–Crippen LogP) is 2.70. The van der Waals surface area contributed by atoms with E-state index in [0.717, 1.165) is 12.1 Å². The van der Waals surface area contributed by atoms with Gasteiger partial charge in [-0.2, -0.15) is 13.2 Å². The standard InChI is InChI=1S/C18H17F3N4O3/c19-18(20,21)13-5-1-11(2-6-13)9-22-17(26)15-10-23-24-16(15)12-3-7-14(8-4-12)25(27)28/h1-8,15-16,23-24H,9-10H2,(H,22,26). The molecule has 1 saturated heterocycles. The second kappa shape index (κ2) is 7.95. The van der Waals surface area contributed by atoms with Crippen LogP contribution in [0.5, 0.6) is 0 Å². The average molecular weight is 394 g/mol. The van der Waals surface area contributed by atoms with Crippen LogP contribution in [0.15, 0.2) is 48.5 Å². The topological polar surface area (TPSA) is 96.3 Å². The molecule has 1 aliphatic rings. The van der Waals surface area contributed by atoms with Crippen LogP contribution in [-0.4, -0.2) is 17.4 Å². The Hall–Kier alpha value is -2.98. The summed E-state index contributed by atoms with van der Waals surface area (Å²) in [4.78, 5) is 22.8. The number of nitro benzene ring substituents is 1. The number of non-ortho nitro benzene ring substituents is 1. The molecule has 0 aliphatic carbocycles. The van der Waals surface area contributed by atoms with Crippen molar-refractivity contribution in [1.82, 2.24) is 16.2 Å². The Morgan fingerprint density at radius 3 is 2.36 bits per heavy atom. The second-order valence-electron chi connectivity index (χ2n) is 6.37. The molecule has 2 aromatic carbocycles. The Morgan fingerprint density at radius 1 is 1.14 bits per heavy atom. The van der Waals surface area contributed by atoms with Crippen LogP contribution in [-0.2, 0) is 17.5 Å². The molecular formula is C18H17F3N4O3. The van der Waals surface area contributed by atoms with Gasteiger partial charge in [0.25, 0.3) is 5.69 Å². The summed E-state index contributed by atoms with van der Waals surface area (Å²) in [5, 5.41) is 13.5. The Balaban J connectivity index is 1.62. The number of benzene rings is 2. The zero-order chi connectivity index (χ0) is 20.3. The van der Waals surface area contributed by atoms with Gasteiger partial charge in [-0.3, -0.25) is 20.3 Å². The van der Waals surface area contributed by atoms with Crippen molar-refractivity contribution in [2.24, 2.45) is 5.92 Å². The number of rotatable bonds is 5. The van der Waals surface area contributed by atoms with E-state index >= 15 is 0 Å². The fourth-order valence-corrected chi connectivity index (χ4v) is 2.99. The van der Waals surface area contributed by atoms with Crippen molar-refractivity contribution in [1.29, 1.82) is 0 Å². The highest BCUT2D eigenvalue weighted by Gasteiger charge is 2.34. The molecule has 3 N–H and O–H groups in total. The minimum absolute atomic E-state index is 0.0435. The number of alkyl halides is 3. The molecule has 7 nitrogen and oxygen atoms in total. The molecule has 2 aromatic rings. The summed E-state index contributed by atoms with van der Waals surface area (Å²) in [5.74, 6) is -0.753. The number of hydrogen-bond acceptors (Lipinski definition) is 5. The van der Waals surface area contributed by atoms with Gasteiger partial charge in [0, 0.05) is 25.2 Å². The average Bonchev–Trinajstić information content (AvgIpc) is 3.15. The van der Waals surface area contributed by atoms with Gasteiger partial charge in [-0.15, -0.1) is 0 Å². The molecule has 1 amide bonds. The lowest BCUT2D eigenvalue weighted by Crippen LogP contribution is -2.34. The summed E-state index contributed by atoms with van der Waals surface area (Å²) in [6.45, 7) is 0.445. The second-order valence-corrected chi connectivity index (χ2v) is 6.37. The van der Waals surface area contributed by atoms with Crippen molar-refractivity contribution in [3.63, 3.8) is 0 Å². The van der Waals surface area contributed by atoms with Crippen molar-refractivity contribution in [3.8, 4) is 0 Å². The summed E-state index contributed by atoms with van der Waals surface area (Å²) < 4.78 is 37.8. The highest BCUT2D eigenvalue weighted by atomic mass is 19.4. The molecule has 1 aliphatic heterocycles. The fourth-order valence-electron chi connectivity index (χ4n) is 2.99. The largest absolute Gasteiger partial charge is 0.416 e. The quantitative estimate of drug-likeness (QED) is 0.535. The number of nitrogens with zero attached hydrogens (tertiary/aromatic N) is 1. The van der Waals surface area contributed by atoms with E-state index in [-0.39, 0.29) is 24.2 Å². The third-order valence-electron chi connectivity index (χ3n) is 4.53. The zero-order valence-corrected chi connectivity index (χ0v) is 14.5. The summed E-state index contributed by atoms with van der Waals surface area (Å²) in [6, 6.07) is 10.1. The molecule has 2 unspecified atom stereocenters. The normalized spacial score (nSPS) is 19.4. The molecule has 28 heavy (non-hydrogen) atoms. The van der Waals surface area contributed by atoms with Crippen molar-refractivity contribution in [2.45, 2.75) is 18.8 Å². The van der Waals surface area contributed by atoms with Gasteiger partial charge in [-0.1, -0.05) is 24.3 Å². The SMILES string of the molecule is O=C(NCc1ccc(C(F)(F)F)cc1)C1CNNC1c1ccc([N+](=O)[O-])cc1. The van der Waals surface area contributed by atoms with Crippen molar-refractivity contribution < 1.29 is 22.9 Å². The molecule has 0 saturated carbocycles. The van der Waals surface area contributed by atoms with Gasteiger partial charge in [-0.05, 0) is 23.3 Å². The van der Waals surface area contributed by atoms with Crippen LogP contribution in [0, 0.1) is 16.0 Å². The molecule has 1 heterocycles. The molecule has 2 atom stereocenters. The van der Waals surface area contributed by atoms with E-state index in [9.17, 15) is 28.1 Å². The molecule has 3 rings (SSSR count). The van der Waals surface area contributed by atoms with Crippen molar-refractivity contribution >= 4 is 11.6 Å². The van der Waals surface area contributed by atoms with Crippen LogP contribution in [0.25, 0.3) is 0 Å². The molecule has 10 heteroatoms. The lowest BCUT2D eigenvalue weighted by Gasteiger charge is -2.18. The maximum atomic E-state index is 12.6. The number of halogens is 3. The van der Waals surface area contributed by atoms with E-state index in [1.54, 1.807) is 12.1 Å². The van der Waals surface area contributed by atoms with E-state index in [1.165, 1.54) is 24.3 Å². The predicted molar refractivity (Wildman–Crippen MR) is 93.8 cm³/mol. The van der Waals surface area contributed by atoms with Crippen LogP contribution in [0.2, 0.25) is 0 Å². The smallest absolute Gasteiger partial charge is 0.352 e. The van der Waals surface area contributed by atoms with Gasteiger partial charge in [0.2, 0.25) is 5.91 Å². The van der Waals surface area contributed by atoms with Crippen LogP contribution in [0.3, 0.4) is 0 Å². The molecule has 1 fully saturated rings. The Bertz CT molecular complexity index is 854. The van der Waals surface area contributed by atoms with Crippen LogP contribution in [0.1, 0.15) is 22.7 Å². The van der Waals surface area contributed by atoms with Crippen LogP contribution in [0.4, 0.5) is 18.9 Å².